The summed E-state index contributed by atoms with van der Waals surface area (Å²) < 4.78 is 0. The van der Waals surface area contributed by atoms with Gasteiger partial charge in [-0.2, -0.15) is 0 Å². The van der Waals surface area contributed by atoms with Crippen molar-refractivity contribution in [1.82, 2.24) is 10.6 Å². The number of rotatable bonds is 7. The maximum atomic E-state index is 11.8. The lowest BCUT2D eigenvalue weighted by Crippen LogP contribution is -2.43. The molecule has 20 heavy (non-hydrogen) atoms. The van der Waals surface area contributed by atoms with E-state index in [2.05, 4.69) is 10.6 Å². The third-order valence-electron chi connectivity index (χ3n) is 3.23. The molecule has 0 aliphatic heterocycles. The van der Waals surface area contributed by atoms with Crippen LogP contribution >= 0.6 is 0 Å². The zero-order valence-corrected chi connectivity index (χ0v) is 11.5. The molecule has 0 saturated heterocycles. The van der Waals surface area contributed by atoms with Crippen LogP contribution in [0.5, 0.6) is 0 Å². The van der Waals surface area contributed by atoms with Crippen molar-refractivity contribution < 1.29 is 9.59 Å². The SMILES string of the molecule is N[C@H](Cc1ccccc1)C(=O)NCCC(=O)NC1CC1. The van der Waals surface area contributed by atoms with E-state index in [9.17, 15) is 9.59 Å². The summed E-state index contributed by atoms with van der Waals surface area (Å²) >= 11 is 0. The lowest BCUT2D eigenvalue weighted by Gasteiger charge is -2.12. The predicted molar refractivity (Wildman–Crippen MR) is 76.9 cm³/mol. The van der Waals surface area contributed by atoms with Crippen molar-refractivity contribution in [3.63, 3.8) is 0 Å². The van der Waals surface area contributed by atoms with Crippen LogP contribution in [-0.2, 0) is 16.0 Å². The monoisotopic (exact) mass is 275 g/mol. The van der Waals surface area contributed by atoms with Crippen LogP contribution < -0.4 is 16.4 Å². The molecule has 2 rings (SSSR count). The van der Waals surface area contributed by atoms with Gasteiger partial charge >= 0.3 is 0 Å². The molecule has 0 bridgehead atoms. The summed E-state index contributed by atoms with van der Waals surface area (Å²) in [6.07, 6.45) is 2.95. The Morgan fingerprint density at radius 3 is 2.60 bits per heavy atom. The van der Waals surface area contributed by atoms with Crippen molar-refractivity contribution in [2.24, 2.45) is 5.73 Å². The van der Waals surface area contributed by atoms with E-state index in [1.54, 1.807) is 0 Å². The maximum absolute atomic E-state index is 11.8. The van der Waals surface area contributed by atoms with Gasteiger partial charge in [0.05, 0.1) is 6.04 Å². The normalized spacial score (nSPS) is 15.4. The number of nitrogens with two attached hydrogens (primary N) is 1. The molecule has 1 fully saturated rings. The van der Waals surface area contributed by atoms with Crippen LogP contribution in [0.15, 0.2) is 30.3 Å². The van der Waals surface area contributed by atoms with E-state index < -0.39 is 6.04 Å². The topological polar surface area (TPSA) is 84.2 Å². The molecule has 1 aliphatic carbocycles. The second kappa shape index (κ2) is 7.05. The van der Waals surface area contributed by atoms with E-state index in [1.165, 1.54) is 0 Å². The van der Waals surface area contributed by atoms with Crippen molar-refractivity contribution in [3.05, 3.63) is 35.9 Å². The van der Waals surface area contributed by atoms with Crippen LogP contribution in [0.2, 0.25) is 0 Å². The predicted octanol–water partition coefficient (Wildman–Crippen LogP) is 0.341. The lowest BCUT2D eigenvalue weighted by molar-refractivity contribution is -0.123. The summed E-state index contributed by atoms with van der Waals surface area (Å²) in [6.45, 7) is 0.333. The first-order valence-electron chi connectivity index (χ1n) is 7.02. The van der Waals surface area contributed by atoms with E-state index in [0.717, 1.165) is 18.4 Å². The van der Waals surface area contributed by atoms with Gasteiger partial charge in [-0.1, -0.05) is 30.3 Å². The van der Waals surface area contributed by atoms with Gasteiger partial charge in [0.15, 0.2) is 0 Å². The number of carbonyl (C=O) groups excluding carboxylic acids is 2. The number of carbonyl (C=O) groups is 2. The highest BCUT2D eigenvalue weighted by Gasteiger charge is 2.23. The number of nitrogens with one attached hydrogen (secondary N) is 2. The number of benzene rings is 1. The third kappa shape index (κ3) is 5.01. The Morgan fingerprint density at radius 1 is 1.25 bits per heavy atom. The highest BCUT2D eigenvalue weighted by atomic mass is 16.2. The maximum Gasteiger partial charge on any atom is 0.237 e. The first kappa shape index (κ1) is 14.5. The third-order valence-corrected chi connectivity index (χ3v) is 3.23. The summed E-state index contributed by atoms with van der Waals surface area (Å²) in [5.41, 5.74) is 6.87. The fraction of sp³-hybridized carbons (Fsp3) is 0.467. The van der Waals surface area contributed by atoms with Gasteiger partial charge < -0.3 is 16.4 Å². The molecule has 0 spiro atoms. The van der Waals surface area contributed by atoms with Gasteiger partial charge in [0.2, 0.25) is 11.8 Å². The summed E-state index contributed by atoms with van der Waals surface area (Å²) in [5.74, 6) is -0.225. The standard InChI is InChI=1S/C15H21N3O2/c16-13(10-11-4-2-1-3-5-11)15(20)17-9-8-14(19)18-12-6-7-12/h1-5,12-13H,6-10,16H2,(H,17,20)(H,18,19)/t13-/m1/s1. The number of hydrogen-bond acceptors (Lipinski definition) is 3. The second-order valence-electron chi connectivity index (χ2n) is 5.18. The average molecular weight is 275 g/mol. The van der Waals surface area contributed by atoms with E-state index in [-0.39, 0.29) is 11.8 Å². The molecule has 1 atom stereocenters. The Kier molecular flexibility index (Phi) is 5.12. The molecule has 0 heterocycles. The molecule has 1 aliphatic rings. The van der Waals surface area contributed by atoms with E-state index in [4.69, 9.17) is 5.73 Å². The summed E-state index contributed by atoms with van der Waals surface area (Å²) in [7, 11) is 0. The van der Waals surface area contributed by atoms with Gasteiger partial charge in [-0.3, -0.25) is 9.59 Å². The van der Waals surface area contributed by atoms with E-state index >= 15 is 0 Å². The van der Waals surface area contributed by atoms with E-state index in [1.807, 2.05) is 30.3 Å². The van der Waals surface area contributed by atoms with Crippen LogP contribution in [0.1, 0.15) is 24.8 Å². The molecule has 5 nitrogen and oxygen atoms in total. The van der Waals surface area contributed by atoms with Gasteiger partial charge in [-0.15, -0.1) is 0 Å². The van der Waals surface area contributed by atoms with Crippen LogP contribution in [0.4, 0.5) is 0 Å². The number of hydrogen-bond donors (Lipinski definition) is 3. The van der Waals surface area contributed by atoms with Gasteiger partial charge in [-0.25, -0.2) is 0 Å². The van der Waals surface area contributed by atoms with Gasteiger partial charge in [0.25, 0.3) is 0 Å². The van der Waals surface area contributed by atoms with Crippen LogP contribution in [0.3, 0.4) is 0 Å². The van der Waals surface area contributed by atoms with Gasteiger partial charge in [0.1, 0.15) is 0 Å². The molecule has 1 aromatic carbocycles. The van der Waals surface area contributed by atoms with Crippen molar-refractivity contribution >= 4 is 11.8 Å². The zero-order chi connectivity index (χ0) is 14.4. The van der Waals surface area contributed by atoms with Crippen LogP contribution in [0.25, 0.3) is 0 Å². The first-order chi connectivity index (χ1) is 9.65. The molecule has 1 saturated carbocycles. The van der Waals surface area contributed by atoms with Crippen LogP contribution in [0, 0.1) is 0 Å². The smallest absolute Gasteiger partial charge is 0.237 e. The highest BCUT2D eigenvalue weighted by Crippen LogP contribution is 2.18. The molecule has 1 aromatic rings. The highest BCUT2D eigenvalue weighted by molar-refractivity contribution is 5.83. The largest absolute Gasteiger partial charge is 0.354 e. The fourth-order valence-corrected chi connectivity index (χ4v) is 1.92. The molecular formula is C15H21N3O2. The molecule has 2 amide bonds. The molecule has 4 N–H and O–H groups in total. The minimum Gasteiger partial charge on any atom is -0.354 e. The molecule has 0 aromatic heterocycles. The summed E-state index contributed by atoms with van der Waals surface area (Å²) in [5, 5.41) is 5.58. The lowest BCUT2D eigenvalue weighted by atomic mass is 10.1. The summed E-state index contributed by atoms with van der Waals surface area (Å²) in [6, 6.07) is 9.42. The summed E-state index contributed by atoms with van der Waals surface area (Å²) in [4.78, 5) is 23.2. The Hall–Kier alpha value is -1.88. The zero-order valence-electron chi connectivity index (χ0n) is 11.5. The molecule has 0 radical (unpaired) electrons. The van der Waals surface area contributed by atoms with Crippen LogP contribution in [-0.4, -0.2) is 30.4 Å². The van der Waals surface area contributed by atoms with Crippen molar-refractivity contribution in [2.75, 3.05) is 6.54 Å². The molecular weight excluding hydrogens is 254 g/mol. The minimum atomic E-state index is -0.580. The van der Waals surface area contributed by atoms with Gasteiger partial charge in [0, 0.05) is 19.0 Å². The average Bonchev–Trinajstić information content (AvgIpc) is 3.23. The number of amides is 2. The Morgan fingerprint density at radius 2 is 1.95 bits per heavy atom. The fourth-order valence-electron chi connectivity index (χ4n) is 1.92. The van der Waals surface area contributed by atoms with Crippen molar-refractivity contribution in [3.8, 4) is 0 Å². The second-order valence-corrected chi connectivity index (χ2v) is 5.18. The van der Waals surface area contributed by atoms with Crippen molar-refractivity contribution in [1.29, 1.82) is 0 Å². The quantitative estimate of drug-likeness (QED) is 0.671. The van der Waals surface area contributed by atoms with Gasteiger partial charge in [-0.05, 0) is 24.8 Å². The Balaban J connectivity index is 1.64. The molecule has 5 heteroatoms. The Labute approximate surface area is 118 Å². The molecule has 108 valence electrons. The Bertz CT molecular complexity index is 457. The molecule has 0 unspecified atom stereocenters. The van der Waals surface area contributed by atoms with E-state index in [0.29, 0.717) is 25.4 Å². The minimum absolute atomic E-state index is 0.00979. The van der Waals surface area contributed by atoms with Crippen molar-refractivity contribution in [2.45, 2.75) is 37.8 Å². The first-order valence-corrected chi connectivity index (χ1v) is 7.02.